The van der Waals surface area contributed by atoms with Crippen LogP contribution < -0.4 is 14.9 Å². The van der Waals surface area contributed by atoms with Gasteiger partial charge < -0.3 is 19.5 Å². The van der Waals surface area contributed by atoms with E-state index in [2.05, 4.69) is 25.4 Å². The van der Waals surface area contributed by atoms with Crippen molar-refractivity contribution in [1.82, 2.24) is 9.44 Å². The summed E-state index contributed by atoms with van der Waals surface area (Å²) in [4.78, 5) is 21.7. The van der Waals surface area contributed by atoms with Crippen LogP contribution in [0.2, 0.25) is 0 Å². The molecule has 2 aromatic rings. The van der Waals surface area contributed by atoms with Gasteiger partial charge in [-0.05, 0) is 74.0 Å². The summed E-state index contributed by atoms with van der Waals surface area (Å²) in [5, 5.41) is 17.9. The van der Waals surface area contributed by atoms with Gasteiger partial charge in [0.15, 0.2) is 0 Å². The first-order chi connectivity index (χ1) is 18.3. The Balaban J connectivity index is 0.000000305. The molecule has 1 heterocycles. The molecular formula is C24H32BBrN2O10S2. The number of hydrogen-bond acceptors (Lipinski definition) is 8. The van der Waals surface area contributed by atoms with Gasteiger partial charge in [-0.2, -0.15) is 0 Å². The minimum absolute atomic E-state index is 0.0697. The number of rotatable bonds is 9. The van der Waals surface area contributed by atoms with Crippen LogP contribution in [-0.4, -0.2) is 70.4 Å². The molecule has 1 fully saturated rings. The number of halogens is 1. The van der Waals surface area contributed by atoms with E-state index in [0.29, 0.717) is 4.47 Å². The van der Waals surface area contributed by atoms with Crippen molar-refractivity contribution in [2.45, 2.75) is 62.5 Å². The minimum Gasteiger partial charge on any atom is -0.478 e. The van der Waals surface area contributed by atoms with Crippen molar-refractivity contribution in [2.75, 3.05) is 13.1 Å². The summed E-state index contributed by atoms with van der Waals surface area (Å²) in [7, 11) is -8.44. The highest BCUT2D eigenvalue weighted by molar-refractivity contribution is 9.10. The Morgan fingerprint density at radius 3 is 1.62 bits per heavy atom. The molecule has 3 rings (SSSR count). The zero-order valence-electron chi connectivity index (χ0n) is 22.8. The largest absolute Gasteiger partial charge is 0.496 e. The van der Waals surface area contributed by atoms with Gasteiger partial charge >= 0.3 is 19.1 Å². The molecule has 0 aromatic heterocycles. The van der Waals surface area contributed by atoms with Gasteiger partial charge in [0.1, 0.15) is 0 Å². The molecule has 4 N–H and O–H groups in total. The highest BCUT2D eigenvalue weighted by atomic mass is 79.9. The van der Waals surface area contributed by atoms with E-state index < -0.39 is 50.3 Å². The van der Waals surface area contributed by atoms with Crippen molar-refractivity contribution in [3.63, 3.8) is 0 Å². The lowest BCUT2D eigenvalue weighted by Crippen LogP contribution is -2.41. The van der Waals surface area contributed by atoms with Crippen molar-refractivity contribution in [1.29, 1.82) is 0 Å². The first-order valence-corrected chi connectivity index (χ1v) is 15.8. The Hall–Kier alpha value is -2.34. The summed E-state index contributed by atoms with van der Waals surface area (Å²) in [5.41, 5.74) is -1.18. The third kappa shape index (κ3) is 7.69. The highest BCUT2D eigenvalue weighted by Crippen LogP contribution is 2.37. The van der Waals surface area contributed by atoms with E-state index in [1.165, 1.54) is 24.3 Å². The molecular weight excluding hydrogens is 631 g/mol. The van der Waals surface area contributed by atoms with Gasteiger partial charge in [0, 0.05) is 23.0 Å². The minimum atomic E-state index is -3.88. The standard InChI is InChI=1S/C15H22BNO6S.C9H10BrNO4S/c1-6-17-24(20,21)12-9-10(13(18)19)7-8-11(12)16-22-14(2,3)15(4,5)23-16;1-2-11-16(14,15)8-5-6(9(12)13)3-4-7(8)10/h7-9,17H,6H2,1-5H3,(H,18,19);3-5,11H,2H2,1H3,(H,12,13). The molecule has 12 nitrogen and oxygen atoms in total. The van der Waals surface area contributed by atoms with Crippen molar-refractivity contribution >= 4 is 60.5 Å². The topological polar surface area (TPSA) is 185 Å². The summed E-state index contributed by atoms with van der Waals surface area (Å²) in [5.74, 6) is -2.37. The lowest BCUT2D eigenvalue weighted by atomic mass is 9.78. The van der Waals surface area contributed by atoms with Gasteiger partial charge in [0.25, 0.3) is 0 Å². The van der Waals surface area contributed by atoms with Crippen LogP contribution in [0, 0.1) is 0 Å². The molecule has 0 spiro atoms. The van der Waals surface area contributed by atoms with E-state index in [1.54, 1.807) is 13.8 Å². The lowest BCUT2D eigenvalue weighted by Gasteiger charge is -2.32. The Morgan fingerprint density at radius 1 is 0.800 bits per heavy atom. The van der Waals surface area contributed by atoms with Crippen LogP contribution in [0.25, 0.3) is 0 Å². The lowest BCUT2D eigenvalue weighted by molar-refractivity contribution is 0.00578. The second-order valence-electron chi connectivity index (χ2n) is 9.60. The SMILES string of the molecule is CCNS(=O)(=O)c1cc(C(=O)O)ccc1B1OC(C)(C)C(C)(C)O1.CCNS(=O)(=O)c1cc(C(=O)O)ccc1Br. The molecule has 0 radical (unpaired) electrons. The third-order valence-electron chi connectivity index (χ3n) is 6.19. The molecule has 0 atom stereocenters. The molecule has 1 aliphatic rings. The monoisotopic (exact) mass is 662 g/mol. The summed E-state index contributed by atoms with van der Waals surface area (Å²) in [6, 6.07) is 7.74. The second kappa shape index (κ2) is 12.7. The van der Waals surface area contributed by atoms with E-state index in [9.17, 15) is 26.4 Å². The Bertz CT molecular complexity index is 1480. The van der Waals surface area contributed by atoms with E-state index in [-0.39, 0.29) is 39.5 Å². The van der Waals surface area contributed by atoms with Gasteiger partial charge in [0.05, 0.1) is 32.1 Å². The molecule has 0 unspecified atom stereocenters. The van der Waals surface area contributed by atoms with E-state index in [1.807, 2.05) is 27.7 Å². The predicted octanol–water partition coefficient (Wildman–Crippen LogP) is 2.43. The van der Waals surface area contributed by atoms with Crippen LogP contribution in [-0.2, 0) is 29.4 Å². The van der Waals surface area contributed by atoms with Crippen LogP contribution in [0.3, 0.4) is 0 Å². The van der Waals surface area contributed by atoms with Crippen LogP contribution in [0.1, 0.15) is 62.3 Å². The summed E-state index contributed by atoms with van der Waals surface area (Å²) >= 11 is 3.07. The van der Waals surface area contributed by atoms with Gasteiger partial charge in [-0.25, -0.2) is 35.9 Å². The maximum absolute atomic E-state index is 12.5. The van der Waals surface area contributed by atoms with E-state index in [4.69, 9.17) is 19.5 Å². The Kier molecular flexibility index (Phi) is 10.7. The van der Waals surface area contributed by atoms with Gasteiger partial charge in [-0.15, -0.1) is 0 Å². The van der Waals surface area contributed by atoms with Crippen LogP contribution in [0.5, 0.6) is 0 Å². The Labute approximate surface area is 242 Å². The van der Waals surface area contributed by atoms with Crippen LogP contribution >= 0.6 is 15.9 Å². The second-order valence-corrected chi connectivity index (χ2v) is 13.9. The molecule has 1 saturated heterocycles. The van der Waals surface area contributed by atoms with Crippen LogP contribution in [0.4, 0.5) is 0 Å². The molecule has 0 amide bonds. The zero-order chi connectivity index (χ0) is 30.7. The molecule has 2 aromatic carbocycles. The Morgan fingerprint density at radius 2 is 1.20 bits per heavy atom. The molecule has 0 aliphatic carbocycles. The molecule has 0 bridgehead atoms. The third-order valence-corrected chi connectivity index (χ3v) is 10.3. The van der Waals surface area contributed by atoms with Gasteiger partial charge in [-0.3, -0.25) is 0 Å². The number of sulfonamides is 2. The van der Waals surface area contributed by atoms with Crippen molar-refractivity contribution < 1.29 is 45.9 Å². The fourth-order valence-electron chi connectivity index (χ4n) is 3.44. The molecule has 40 heavy (non-hydrogen) atoms. The predicted molar refractivity (Wildman–Crippen MR) is 152 cm³/mol. The first-order valence-electron chi connectivity index (χ1n) is 12.0. The van der Waals surface area contributed by atoms with Gasteiger partial charge in [0.2, 0.25) is 20.0 Å². The summed E-state index contributed by atoms with van der Waals surface area (Å²) < 4.78 is 65.2. The summed E-state index contributed by atoms with van der Waals surface area (Å²) in [6.45, 7) is 11.1. The smallest absolute Gasteiger partial charge is 0.478 e. The average Bonchev–Trinajstić information content (AvgIpc) is 3.05. The first kappa shape index (κ1) is 33.9. The fourth-order valence-corrected chi connectivity index (χ4v) is 6.76. The summed E-state index contributed by atoms with van der Waals surface area (Å²) in [6.07, 6.45) is 0. The number of nitrogens with one attached hydrogen (secondary N) is 2. The highest BCUT2D eigenvalue weighted by Gasteiger charge is 2.52. The molecule has 1 aliphatic heterocycles. The van der Waals surface area contributed by atoms with Gasteiger partial charge in [-0.1, -0.05) is 19.9 Å². The molecule has 220 valence electrons. The van der Waals surface area contributed by atoms with Crippen molar-refractivity contribution in [2.24, 2.45) is 0 Å². The fraction of sp³-hybridized carbons (Fsp3) is 0.417. The van der Waals surface area contributed by atoms with E-state index in [0.717, 1.165) is 12.1 Å². The molecule has 16 heteroatoms. The maximum Gasteiger partial charge on any atom is 0.496 e. The molecule has 0 saturated carbocycles. The number of carboxylic acid groups (broad SMARTS) is 2. The average molecular weight is 663 g/mol. The normalized spacial score (nSPS) is 16.2. The van der Waals surface area contributed by atoms with Crippen LogP contribution in [0.15, 0.2) is 50.7 Å². The van der Waals surface area contributed by atoms with E-state index >= 15 is 0 Å². The van der Waals surface area contributed by atoms with Crippen molar-refractivity contribution in [3.05, 3.63) is 52.0 Å². The zero-order valence-corrected chi connectivity index (χ0v) is 26.0. The van der Waals surface area contributed by atoms with Crippen molar-refractivity contribution in [3.8, 4) is 0 Å². The number of hydrogen-bond donors (Lipinski definition) is 4. The number of carbonyl (C=O) groups is 2. The number of benzene rings is 2. The number of carboxylic acids is 2. The maximum atomic E-state index is 12.5. The quantitative estimate of drug-likeness (QED) is 0.291. The number of aromatic carboxylic acids is 2.